The van der Waals surface area contributed by atoms with Crippen molar-refractivity contribution in [3.63, 3.8) is 0 Å². The molecule has 0 bridgehead atoms. The second-order valence-electron chi connectivity index (χ2n) is 4.68. The standard InChI is InChI=1S/C14H21F3N2S/c1-4-11(9-20-3)19(2)13-6-5-10(8-18)7-12(13)14(15,16)17/h5-7,11H,4,8-9,18H2,1-3H3. The van der Waals surface area contributed by atoms with Crippen molar-refractivity contribution in [3.8, 4) is 0 Å². The molecule has 6 heteroatoms. The van der Waals surface area contributed by atoms with Gasteiger partial charge in [-0.1, -0.05) is 13.0 Å². The molecule has 0 aliphatic heterocycles. The van der Waals surface area contributed by atoms with E-state index in [-0.39, 0.29) is 18.3 Å². The van der Waals surface area contributed by atoms with Gasteiger partial charge in [0.25, 0.3) is 0 Å². The summed E-state index contributed by atoms with van der Waals surface area (Å²) in [6.45, 7) is 2.09. The molecule has 1 aromatic carbocycles. The van der Waals surface area contributed by atoms with Crippen LogP contribution in [0, 0.1) is 0 Å². The zero-order chi connectivity index (χ0) is 15.3. The SMILES string of the molecule is CCC(CSC)N(C)c1ccc(CN)cc1C(F)(F)F. The van der Waals surface area contributed by atoms with Crippen LogP contribution in [0.25, 0.3) is 0 Å². The maximum atomic E-state index is 13.2. The van der Waals surface area contributed by atoms with Crippen LogP contribution < -0.4 is 10.6 Å². The molecule has 20 heavy (non-hydrogen) atoms. The van der Waals surface area contributed by atoms with Gasteiger partial charge in [0.05, 0.1) is 5.56 Å². The van der Waals surface area contributed by atoms with Gasteiger partial charge in [-0.15, -0.1) is 0 Å². The van der Waals surface area contributed by atoms with E-state index < -0.39 is 11.7 Å². The highest BCUT2D eigenvalue weighted by Gasteiger charge is 2.35. The lowest BCUT2D eigenvalue weighted by Gasteiger charge is -2.31. The van der Waals surface area contributed by atoms with Crippen molar-refractivity contribution in [2.45, 2.75) is 32.1 Å². The van der Waals surface area contributed by atoms with E-state index in [0.29, 0.717) is 5.56 Å². The van der Waals surface area contributed by atoms with E-state index in [1.54, 1.807) is 29.8 Å². The molecule has 0 aromatic heterocycles. The molecule has 0 heterocycles. The average Bonchev–Trinajstić information content (AvgIpc) is 2.42. The summed E-state index contributed by atoms with van der Waals surface area (Å²) < 4.78 is 39.6. The fraction of sp³-hybridized carbons (Fsp3) is 0.571. The lowest BCUT2D eigenvalue weighted by atomic mass is 10.1. The van der Waals surface area contributed by atoms with Gasteiger partial charge in [-0.25, -0.2) is 0 Å². The zero-order valence-electron chi connectivity index (χ0n) is 12.0. The number of hydrogen-bond acceptors (Lipinski definition) is 3. The number of nitrogens with two attached hydrogens (primary N) is 1. The number of benzene rings is 1. The van der Waals surface area contributed by atoms with Crippen LogP contribution in [0.3, 0.4) is 0 Å². The van der Waals surface area contributed by atoms with Crippen LogP contribution in [0.15, 0.2) is 18.2 Å². The molecule has 1 aromatic rings. The maximum Gasteiger partial charge on any atom is 0.418 e. The Kier molecular flexibility index (Phi) is 6.20. The van der Waals surface area contributed by atoms with Crippen LogP contribution in [0.2, 0.25) is 0 Å². The van der Waals surface area contributed by atoms with Gasteiger partial charge < -0.3 is 10.6 Å². The number of alkyl halides is 3. The van der Waals surface area contributed by atoms with Crippen molar-refractivity contribution in [2.75, 3.05) is 24.0 Å². The Balaban J connectivity index is 3.22. The molecule has 2 nitrogen and oxygen atoms in total. The fourth-order valence-corrected chi connectivity index (χ4v) is 2.98. The lowest BCUT2D eigenvalue weighted by Crippen LogP contribution is -2.34. The fourth-order valence-electron chi connectivity index (χ4n) is 2.14. The topological polar surface area (TPSA) is 29.3 Å². The molecular weight excluding hydrogens is 285 g/mol. The van der Waals surface area contributed by atoms with E-state index in [4.69, 9.17) is 5.73 Å². The van der Waals surface area contributed by atoms with Crippen molar-refractivity contribution in [1.82, 2.24) is 0 Å². The molecule has 0 aliphatic carbocycles. The highest BCUT2D eigenvalue weighted by atomic mass is 32.2. The summed E-state index contributed by atoms with van der Waals surface area (Å²) in [5, 5.41) is 0. The zero-order valence-corrected chi connectivity index (χ0v) is 12.8. The van der Waals surface area contributed by atoms with Crippen LogP contribution in [-0.4, -0.2) is 25.1 Å². The highest BCUT2D eigenvalue weighted by molar-refractivity contribution is 7.98. The molecule has 0 spiro atoms. The lowest BCUT2D eigenvalue weighted by molar-refractivity contribution is -0.137. The second kappa shape index (κ2) is 7.22. The highest BCUT2D eigenvalue weighted by Crippen LogP contribution is 2.37. The van der Waals surface area contributed by atoms with Gasteiger partial charge in [-0.2, -0.15) is 24.9 Å². The van der Waals surface area contributed by atoms with Crippen molar-refractivity contribution in [3.05, 3.63) is 29.3 Å². The number of halogens is 3. The van der Waals surface area contributed by atoms with E-state index in [0.717, 1.165) is 18.2 Å². The summed E-state index contributed by atoms with van der Waals surface area (Å²) >= 11 is 1.64. The van der Waals surface area contributed by atoms with E-state index in [1.165, 1.54) is 6.07 Å². The van der Waals surface area contributed by atoms with Crippen molar-refractivity contribution < 1.29 is 13.2 Å². The molecule has 2 N–H and O–H groups in total. The molecule has 1 unspecified atom stereocenters. The Labute approximate surface area is 122 Å². The number of thioether (sulfide) groups is 1. The molecule has 0 radical (unpaired) electrons. The van der Waals surface area contributed by atoms with Crippen molar-refractivity contribution >= 4 is 17.4 Å². The van der Waals surface area contributed by atoms with Crippen LogP contribution in [0.4, 0.5) is 18.9 Å². The molecule has 0 amide bonds. The van der Waals surface area contributed by atoms with Gasteiger partial charge in [0.1, 0.15) is 0 Å². The smallest absolute Gasteiger partial charge is 0.370 e. The predicted molar refractivity (Wildman–Crippen MR) is 80.2 cm³/mol. The first kappa shape index (κ1) is 17.2. The summed E-state index contributed by atoms with van der Waals surface area (Å²) in [4.78, 5) is 1.72. The van der Waals surface area contributed by atoms with E-state index >= 15 is 0 Å². The number of anilines is 1. The first-order valence-electron chi connectivity index (χ1n) is 6.47. The number of hydrogen-bond donors (Lipinski definition) is 1. The van der Waals surface area contributed by atoms with Crippen LogP contribution in [0.1, 0.15) is 24.5 Å². The minimum Gasteiger partial charge on any atom is -0.370 e. The Morgan fingerprint density at radius 1 is 1.35 bits per heavy atom. The third-order valence-electron chi connectivity index (χ3n) is 3.36. The van der Waals surface area contributed by atoms with E-state index in [9.17, 15) is 13.2 Å². The molecule has 0 aliphatic rings. The van der Waals surface area contributed by atoms with Crippen LogP contribution >= 0.6 is 11.8 Å². The van der Waals surface area contributed by atoms with Crippen molar-refractivity contribution in [2.24, 2.45) is 5.73 Å². The largest absolute Gasteiger partial charge is 0.418 e. The predicted octanol–water partition coefficient (Wildman–Crippen LogP) is 3.74. The second-order valence-corrected chi connectivity index (χ2v) is 5.59. The first-order valence-corrected chi connectivity index (χ1v) is 7.86. The summed E-state index contributed by atoms with van der Waals surface area (Å²) in [5.74, 6) is 0.795. The third kappa shape index (κ3) is 4.06. The number of nitrogens with zero attached hydrogens (tertiary/aromatic N) is 1. The molecule has 1 rings (SSSR count). The van der Waals surface area contributed by atoms with E-state index in [2.05, 4.69) is 0 Å². The van der Waals surface area contributed by atoms with Gasteiger partial charge in [-0.3, -0.25) is 0 Å². The Morgan fingerprint density at radius 2 is 2.00 bits per heavy atom. The third-order valence-corrected chi connectivity index (χ3v) is 4.08. The van der Waals surface area contributed by atoms with E-state index in [1.807, 2.05) is 13.2 Å². The Morgan fingerprint density at radius 3 is 2.45 bits per heavy atom. The van der Waals surface area contributed by atoms with Gasteiger partial charge in [-0.05, 0) is 30.4 Å². The number of rotatable bonds is 6. The first-order chi connectivity index (χ1) is 9.35. The quantitative estimate of drug-likeness (QED) is 0.868. The molecule has 1 atom stereocenters. The molecule has 0 fully saturated rings. The normalized spacial score (nSPS) is 13.3. The monoisotopic (exact) mass is 306 g/mol. The Bertz CT molecular complexity index is 435. The Hall–Kier alpha value is -0.880. The summed E-state index contributed by atoms with van der Waals surface area (Å²) in [6, 6.07) is 4.41. The summed E-state index contributed by atoms with van der Waals surface area (Å²) in [7, 11) is 1.72. The van der Waals surface area contributed by atoms with Gasteiger partial charge in [0, 0.05) is 31.1 Å². The van der Waals surface area contributed by atoms with Crippen LogP contribution in [0.5, 0.6) is 0 Å². The van der Waals surface area contributed by atoms with Crippen LogP contribution in [-0.2, 0) is 12.7 Å². The minimum absolute atomic E-state index is 0.0785. The minimum atomic E-state index is -4.37. The van der Waals surface area contributed by atoms with Gasteiger partial charge in [0.2, 0.25) is 0 Å². The van der Waals surface area contributed by atoms with Crippen molar-refractivity contribution in [1.29, 1.82) is 0 Å². The molecule has 0 saturated heterocycles. The summed E-state index contributed by atoms with van der Waals surface area (Å²) in [6.07, 6.45) is -1.61. The molecular formula is C14H21F3N2S. The molecule has 114 valence electrons. The maximum absolute atomic E-state index is 13.2. The summed E-state index contributed by atoms with van der Waals surface area (Å²) in [5.41, 5.74) is 5.54. The molecule has 0 saturated carbocycles. The van der Waals surface area contributed by atoms with Gasteiger partial charge in [0.15, 0.2) is 0 Å². The average molecular weight is 306 g/mol. The van der Waals surface area contributed by atoms with Gasteiger partial charge >= 0.3 is 6.18 Å².